The monoisotopic (exact) mass is 453 g/mol. The molecule has 0 atom stereocenters. The number of nitrogens with zero attached hydrogens (tertiary/aromatic N) is 4. The summed E-state index contributed by atoms with van der Waals surface area (Å²) in [4.78, 5) is 17.7. The van der Waals surface area contributed by atoms with Crippen molar-refractivity contribution in [3.63, 3.8) is 0 Å². The first-order valence-corrected chi connectivity index (χ1v) is 11.1. The zero-order valence-corrected chi connectivity index (χ0v) is 18.3. The van der Waals surface area contributed by atoms with E-state index in [4.69, 9.17) is 4.74 Å². The number of rotatable bonds is 5. The van der Waals surface area contributed by atoms with Crippen LogP contribution in [-0.2, 0) is 4.74 Å². The van der Waals surface area contributed by atoms with Crippen LogP contribution in [-0.4, -0.2) is 39.5 Å². The molecular weight excluding hydrogens is 428 g/mol. The number of anilines is 2. The smallest absolute Gasteiger partial charge is 0.415 e. The zero-order valence-electron chi connectivity index (χ0n) is 18.3. The second-order valence-electron chi connectivity index (χ2n) is 8.82. The number of nitrogens with one attached hydrogen (secondary N) is 1. The lowest BCUT2D eigenvalue weighted by Gasteiger charge is -2.35. The van der Waals surface area contributed by atoms with Crippen molar-refractivity contribution in [2.75, 3.05) is 23.3 Å². The van der Waals surface area contributed by atoms with Gasteiger partial charge in [-0.1, -0.05) is 12.1 Å². The van der Waals surface area contributed by atoms with Gasteiger partial charge in [-0.3, -0.25) is 4.90 Å². The Bertz CT molecular complexity index is 1170. The molecule has 1 spiro atoms. The van der Waals surface area contributed by atoms with Crippen LogP contribution in [0.5, 0.6) is 0 Å². The van der Waals surface area contributed by atoms with Gasteiger partial charge in [-0.25, -0.2) is 18.9 Å². The highest BCUT2D eigenvalue weighted by molar-refractivity contribution is 5.90. The van der Waals surface area contributed by atoms with E-state index in [1.54, 1.807) is 43.5 Å². The summed E-state index contributed by atoms with van der Waals surface area (Å²) < 4.78 is 35.5. The van der Waals surface area contributed by atoms with Crippen LogP contribution in [0, 0.1) is 24.6 Å². The molecule has 5 rings (SSSR count). The molecule has 1 aliphatic heterocycles. The first-order chi connectivity index (χ1) is 15.9. The molecule has 2 aromatic heterocycles. The third kappa shape index (κ3) is 4.27. The maximum atomic E-state index is 14.3. The largest absolute Gasteiger partial charge is 0.441 e. The topological polar surface area (TPSA) is 72.3 Å². The minimum absolute atomic E-state index is 0.164. The van der Waals surface area contributed by atoms with Gasteiger partial charge in [-0.2, -0.15) is 9.49 Å². The molecule has 1 saturated heterocycles. The molecule has 7 nitrogen and oxygen atoms in total. The predicted octanol–water partition coefficient (Wildman–Crippen LogP) is 4.85. The quantitative estimate of drug-likeness (QED) is 0.559. The number of hydrogen-bond acceptors (Lipinski definition) is 5. The van der Waals surface area contributed by atoms with E-state index in [1.807, 2.05) is 6.07 Å². The minimum Gasteiger partial charge on any atom is -0.441 e. The molecule has 1 amide bonds. The van der Waals surface area contributed by atoms with Gasteiger partial charge in [0.15, 0.2) is 0 Å². The van der Waals surface area contributed by atoms with Gasteiger partial charge < -0.3 is 10.1 Å². The van der Waals surface area contributed by atoms with Gasteiger partial charge in [0.1, 0.15) is 28.6 Å². The Morgan fingerprint density at radius 1 is 1.12 bits per heavy atom. The highest BCUT2D eigenvalue weighted by Crippen LogP contribution is 2.41. The Kier molecular flexibility index (Phi) is 5.47. The molecule has 3 aromatic rings. The fourth-order valence-corrected chi connectivity index (χ4v) is 4.63. The number of benzene rings is 1. The number of amides is 1. The third-order valence-corrected chi connectivity index (χ3v) is 6.51. The molecular formula is C24H25F2N5O2. The number of carbonyl (C=O) groups is 1. The molecule has 0 unspecified atom stereocenters. The summed E-state index contributed by atoms with van der Waals surface area (Å²) >= 11 is 0. The summed E-state index contributed by atoms with van der Waals surface area (Å²) in [7, 11) is 0. The fourth-order valence-electron chi connectivity index (χ4n) is 4.63. The number of ether oxygens (including phenoxy) is 1. The van der Waals surface area contributed by atoms with E-state index in [9.17, 15) is 13.6 Å². The highest BCUT2D eigenvalue weighted by atomic mass is 19.1. The normalized spacial score (nSPS) is 22.6. The lowest BCUT2D eigenvalue weighted by molar-refractivity contribution is 0.0148. The fraction of sp³-hybridized carbons (Fsp3) is 0.375. The van der Waals surface area contributed by atoms with E-state index in [0.29, 0.717) is 42.5 Å². The lowest BCUT2D eigenvalue weighted by atomic mass is 9.78. The minimum atomic E-state index is -0.656. The predicted molar refractivity (Wildman–Crippen MR) is 119 cm³/mol. The maximum Gasteiger partial charge on any atom is 0.415 e. The van der Waals surface area contributed by atoms with Gasteiger partial charge in [0.25, 0.3) is 0 Å². The summed E-state index contributed by atoms with van der Waals surface area (Å²) in [5, 5.41) is 7.74. The van der Waals surface area contributed by atoms with Crippen molar-refractivity contribution in [1.29, 1.82) is 0 Å². The van der Waals surface area contributed by atoms with Crippen LogP contribution in [0.2, 0.25) is 0 Å². The van der Waals surface area contributed by atoms with Gasteiger partial charge >= 0.3 is 6.09 Å². The van der Waals surface area contributed by atoms with Crippen LogP contribution in [0.3, 0.4) is 0 Å². The summed E-state index contributed by atoms with van der Waals surface area (Å²) in [6, 6.07) is 11.6. The van der Waals surface area contributed by atoms with Crippen molar-refractivity contribution in [2.45, 2.75) is 38.2 Å². The summed E-state index contributed by atoms with van der Waals surface area (Å²) in [6.45, 7) is 2.76. The van der Waals surface area contributed by atoms with Gasteiger partial charge in [0, 0.05) is 24.5 Å². The van der Waals surface area contributed by atoms with Crippen LogP contribution < -0.4 is 10.2 Å². The number of halogens is 2. The first kappa shape index (κ1) is 21.4. The second-order valence-corrected chi connectivity index (χ2v) is 8.82. The molecule has 33 heavy (non-hydrogen) atoms. The molecule has 2 aliphatic rings. The first-order valence-electron chi connectivity index (χ1n) is 11.1. The Morgan fingerprint density at radius 3 is 2.67 bits per heavy atom. The number of pyridine rings is 1. The van der Waals surface area contributed by atoms with Crippen LogP contribution in [0.15, 0.2) is 48.7 Å². The van der Waals surface area contributed by atoms with Gasteiger partial charge in [-0.05, 0) is 62.8 Å². The number of aryl methyl sites for hydroxylation is 1. The Balaban J connectivity index is 1.17. The Labute approximate surface area is 190 Å². The number of para-hydroxylation sites is 1. The summed E-state index contributed by atoms with van der Waals surface area (Å²) in [6.07, 6.45) is 4.38. The zero-order chi connectivity index (χ0) is 23.0. The van der Waals surface area contributed by atoms with Crippen molar-refractivity contribution < 1.29 is 18.3 Å². The number of carbonyl (C=O) groups excluding carboxylic acids is 1. The average molecular weight is 453 g/mol. The van der Waals surface area contributed by atoms with Crippen LogP contribution in [0.1, 0.15) is 31.4 Å². The van der Waals surface area contributed by atoms with E-state index in [0.717, 1.165) is 19.4 Å². The maximum absolute atomic E-state index is 14.3. The molecule has 2 fully saturated rings. The van der Waals surface area contributed by atoms with Gasteiger partial charge in [0.2, 0.25) is 5.95 Å². The van der Waals surface area contributed by atoms with Crippen LogP contribution >= 0.6 is 0 Å². The van der Waals surface area contributed by atoms with Crippen LogP contribution in [0.25, 0.3) is 5.69 Å². The van der Waals surface area contributed by atoms with E-state index >= 15 is 0 Å². The molecule has 0 radical (unpaired) electrons. The molecule has 1 saturated carbocycles. The molecule has 1 aliphatic carbocycles. The SMILES string of the molecule is Cc1ccc(N2CC3(CCC(CNc4ccn(-c5ccccc5F)n4)CC3)OC2=O)c(F)n1. The number of aromatic nitrogens is 3. The number of hydrogen-bond donors (Lipinski definition) is 1. The van der Waals surface area contributed by atoms with Gasteiger partial charge in [0.05, 0.1) is 6.54 Å². The summed E-state index contributed by atoms with van der Waals surface area (Å²) in [5.41, 5.74) is 0.539. The molecule has 172 valence electrons. The highest BCUT2D eigenvalue weighted by Gasteiger charge is 2.48. The molecule has 9 heteroatoms. The van der Waals surface area contributed by atoms with Crippen molar-refractivity contribution in [1.82, 2.24) is 14.8 Å². The van der Waals surface area contributed by atoms with Crippen molar-refractivity contribution >= 4 is 17.6 Å². The second kappa shape index (κ2) is 8.46. The van der Waals surface area contributed by atoms with Crippen molar-refractivity contribution in [2.24, 2.45) is 5.92 Å². The average Bonchev–Trinajstić information content (AvgIpc) is 3.38. The standard InChI is InChI=1S/C24H25F2N5O2/c1-16-6-7-20(22(26)28-16)30-15-24(33-23(30)32)11-8-17(9-12-24)14-27-21-10-13-31(29-21)19-5-3-2-4-18(19)25/h2-7,10,13,17H,8-9,11-12,14-15H2,1H3,(H,27,29). The van der Waals surface area contributed by atoms with E-state index in [1.165, 1.54) is 15.6 Å². The van der Waals surface area contributed by atoms with E-state index in [2.05, 4.69) is 15.4 Å². The van der Waals surface area contributed by atoms with Crippen molar-refractivity contribution in [3.05, 3.63) is 66.1 Å². The van der Waals surface area contributed by atoms with Crippen molar-refractivity contribution in [3.8, 4) is 5.69 Å². The van der Waals surface area contributed by atoms with E-state index in [-0.39, 0.29) is 11.5 Å². The molecule has 0 bridgehead atoms. The van der Waals surface area contributed by atoms with E-state index < -0.39 is 17.6 Å². The Hall–Kier alpha value is -3.49. The third-order valence-electron chi connectivity index (χ3n) is 6.51. The molecule has 1 aromatic carbocycles. The van der Waals surface area contributed by atoms with Crippen LogP contribution in [0.4, 0.5) is 25.1 Å². The molecule has 3 heterocycles. The summed E-state index contributed by atoms with van der Waals surface area (Å²) in [5.74, 6) is 0.0852. The lowest BCUT2D eigenvalue weighted by Crippen LogP contribution is -2.39. The molecule has 1 N–H and O–H groups in total. The van der Waals surface area contributed by atoms with Gasteiger partial charge in [-0.15, -0.1) is 0 Å². The Morgan fingerprint density at radius 2 is 1.91 bits per heavy atom.